The van der Waals surface area contributed by atoms with Crippen LogP contribution in [0.25, 0.3) is 0 Å². The van der Waals surface area contributed by atoms with E-state index in [0.29, 0.717) is 19.4 Å². The van der Waals surface area contributed by atoms with Gasteiger partial charge >= 0.3 is 0 Å². The summed E-state index contributed by atoms with van der Waals surface area (Å²) in [6.45, 7) is 0.480. The average Bonchev–Trinajstić information content (AvgIpc) is 2.54. The summed E-state index contributed by atoms with van der Waals surface area (Å²) < 4.78 is 0. The van der Waals surface area contributed by atoms with E-state index in [1.165, 1.54) is 0 Å². The first-order valence-corrected chi connectivity index (χ1v) is 7.28. The van der Waals surface area contributed by atoms with Crippen LogP contribution in [0.15, 0.2) is 42.7 Å². The molecule has 112 valence electrons. The van der Waals surface area contributed by atoms with Crippen molar-refractivity contribution in [1.82, 2.24) is 10.3 Å². The first-order valence-electron chi connectivity index (χ1n) is 7.28. The van der Waals surface area contributed by atoms with E-state index in [-0.39, 0.29) is 11.8 Å². The molecule has 22 heavy (non-hydrogen) atoms. The fraction of sp³-hybridized carbons (Fsp3) is 0.235. The maximum Gasteiger partial charge on any atom is 0.224 e. The molecule has 0 radical (unpaired) electrons. The molecule has 1 aliphatic rings. The molecule has 0 saturated carbocycles. The summed E-state index contributed by atoms with van der Waals surface area (Å²) in [5.41, 5.74) is 3.88. The summed E-state index contributed by atoms with van der Waals surface area (Å²) >= 11 is 0. The van der Waals surface area contributed by atoms with Gasteiger partial charge < -0.3 is 10.6 Å². The van der Waals surface area contributed by atoms with Crippen molar-refractivity contribution in [3.05, 3.63) is 59.4 Å². The molecule has 0 atom stereocenters. The summed E-state index contributed by atoms with van der Waals surface area (Å²) in [4.78, 5) is 27.3. The second-order valence-corrected chi connectivity index (χ2v) is 5.35. The smallest absolute Gasteiger partial charge is 0.224 e. The molecule has 2 N–H and O–H groups in total. The van der Waals surface area contributed by atoms with E-state index in [1.54, 1.807) is 12.4 Å². The molecular formula is C17H17N3O2. The minimum Gasteiger partial charge on any atom is -0.352 e. The standard InChI is InChI=1S/C17H17N3O2/c21-16-6-4-14-8-12(3-5-15(14)20-16)9-17(22)19-11-13-2-1-7-18-10-13/h1-3,5,7-8,10H,4,6,9,11H2,(H,19,22)(H,20,21). The summed E-state index contributed by atoms with van der Waals surface area (Å²) in [7, 11) is 0. The van der Waals surface area contributed by atoms with Gasteiger partial charge in [0, 0.05) is 31.0 Å². The molecule has 5 nitrogen and oxygen atoms in total. The number of aromatic nitrogens is 1. The Labute approximate surface area is 128 Å². The normalized spacial score (nSPS) is 13.2. The molecule has 0 saturated heterocycles. The Bertz CT molecular complexity index is 698. The van der Waals surface area contributed by atoms with Gasteiger partial charge in [-0.2, -0.15) is 0 Å². The Morgan fingerprint density at radius 2 is 2.14 bits per heavy atom. The van der Waals surface area contributed by atoms with Crippen LogP contribution in [0.3, 0.4) is 0 Å². The summed E-state index contributed by atoms with van der Waals surface area (Å²) in [5, 5.41) is 5.73. The Hall–Kier alpha value is -2.69. The van der Waals surface area contributed by atoms with Crippen LogP contribution in [0.1, 0.15) is 23.1 Å². The lowest BCUT2D eigenvalue weighted by atomic mass is 9.99. The van der Waals surface area contributed by atoms with Crippen molar-refractivity contribution in [2.45, 2.75) is 25.8 Å². The van der Waals surface area contributed by atoms with E-state index in [0.717, 1.165) is 28.8 Å². The van der Waals surface area contributed by atoms with Crippen molar-refractivity contribution in [2.24, 2.45) is 0 Å². The van der Waals surface area contributed by atoms with E-state index >= 15 is 0 Å². The van der Waals surface area contributed by atoms with Gasteiger partial charge in [0.1, 0.15) is 0 Å². The van der Waals surface area contributed by atoms with E-state index < -0.39 is 0 Å². The minimum absolute atomic E-state index is 0.0244. The van der Waals surface area contributed by atoms with Crippen LogP contribution < -0.4 is 10.6 Å². The molecule has 1 aromatic heterocycles. The third-order valence-corrected chi connectivity index (χ3v) is 3.64. The summed E-state index contributed by atoms with van der Waals surface area (Å²) in [6.07, 6.45) is 5.01. The zero-order valence-corrected chi connectivity index (χ0v) is 12.1. The number of nitrogens with zero attached hydrogens (tertiary/aromatic N) is 1. The first-order chi connectivity index (χ1) is 10.7. The number of hydrogen-bond donors (Lipinski definition) is 2. The van der Waals surface area contributed by atoms with Crippen molar-refractivity contribution in [3.8, 4) is 0 Å². The molecule has 5 heteroatoms. The number of nitrogens with one attached hydrogen (secondary N) is 2. The van der Waals surface area contributed by atoms with Gasteiger partial charge in [-0.1, -0.05) is 18.2 Å². The van der Waals surface area contributed by atoms with E-state index in [2.05, 4.69) is 15.6 Å². The molecule has 1 aliphatic heterocycles. The largest absolute Gasteiger partial charge is 0.352 e. The van der Waals surface area contributed by atoms with Crippen LogP contribution in [0.2, 0.25) is 0 Å². The number of fused-ring (bicyclic) bond motifs is 1. The van der Waals surface area contributed by atoms with E-state index in [9.17, 15) is 9.59 Å². The Morgan fingerprint density at radius 1 is 1.23 bits per heavy atom. The monoisotopic (exact) mass is 295 g/mol. The third kappa shape index (κ3) is 3.49. The molecule has 0 fully saturated rings. The number of benzene rings is 1. The Kier molecular flexibility index (Phi) is 4.14. The molecular weight excluding hydrogens is 278 g/mol. The summed E-state index contributed by atoms with van der Waals surface area (Å²) in [5.74, 6) is 0.0260. The van der Waals surface area contributed by atoms with Gasteiger partial charge in [-0.15, -0.1) is 0 Å². The fourth-order valence-electron chi connectivity index (χ4n) is 2.50. The van der Waals surface area contributed by atoms with Gasteiger partial charge in [0.05, 0.1) is 6.42 Å². The van der Waals surface area contributed by atoms with Crippen LogP contribution in [0.5, 0.6) is 0 Å². The Morgan fingerprint density at radius 3 is 2.95 bits per heavy atom. The van der Waals surface area contributed by atoms with Crippen LogP contribution >= 0.6 is 0 Å². The molecule has 2 amide bonds. The fourth-order valence-corrected chi connectivity index (χ4v) is 2.50. The van der Waals surface area contributed by atoms with E-state index in [4.69, 9.17) is 0 Å². The molecule has 1 aromatic carbocycles. The van der Waals surface area contributed by atoms with Gasteiger partial charge in [0.25, 0.3) is 0 Å². The average molecular weight is 295 g/mol. The van der Waals surface area contributed by atoms with Crippen LogP contribution in [0.4, 0.5) is 5.69 Å². The van der Waals surface area contributed by atoms with Crippen LogP contribution in [-0.4, -0.2) is 16.8 Å². The minimum atomic E-state index is -0.0244. The lowest BCUT2D eigenvalue weighted by Crippen LogP contribution is -2.25. The number of rotatable bonds is 4. The number of aryl methyl sites for hydroxylation is 1. The molecule has 0 bridgehead atoms. The first kappa shape index (κ1) is 14.3. The SMILES string of the molecule is O=C(Cc1ccc2c(c1)CCC(=O)N2)NCc1cccnc1. The predicted octanol–water partition coefficient (Wildman–Crippen LogP) is 1.83. The quantitative estimate of drug-likeness (QED) is 0.904. The molecule has 0 unspecified atom stereocenters. The topological polar surface area (TPSA) is 71.1 Å². The number of hydrogen-bond acceptors (Lipinski definition) is 3. The van der Waals surface area contributed by atoms with E-state index in [1.807, 2.05) is 30.3 Å². The zero-order valence-electron chi connectivity index (χ0n) is 12.1. The maximum absolute atomic E-state index is 12.0. The van der Waals surface area contributed by atoms with Crippen LogP contribution in [0, 0.1) is 0 Å². The van der Waals surface area contributed by atoms with Gasteiger partial charge in [-0.25, -0.2) is 0 Å². The van der Waals surface area contributed by atoms with Crippen molar-refractivity contribution in [3.63, 3.8) is 0 Å². The number of carbonyl (C=O) groups is 2. The number of pyridine rings is 1. The van der Waals surface area contributed by atoms with Gasteiger partial charge in [0.15, 0.2) is 0 Å². The van der Waals surface area contributed by atoms with Gasteiger partial charge in [-0.05, 0) is 35.2 Å². The van der Waals surface area contributed by atoms with Crippen molar-refractivity contribution in [1.29, 1.82) is 0 Å². The van der Waals surface area contributed by atoms with Crippen molar-refractivity contribution in [2.75, 3.05) is 5.32 Å². The van der Waals surface area contributed by atoms with Crippen LogP contribution in [-0.2, 0) is 29.0 Å². The highest BCUT2D eigenvalue weighted by Crippen LogP contribution is 2.23. The lowest BCUT2D eigenvalue weighted by Gasteiger charge is -2.17. The van der Waals surface area contributed by atoms with Crippen molar-refractivity contribution < 1.29 is 9.59 Å². The van der Waals surface area contributed by atoms with Gasteiger partial charge in [-0.3, -0.25) is 14.6 Å². The van der Waals surface area contributed by atoms with Gasteiger partial charge in [0.2, 0.25) is 11.8 Å². The molecule has 0 aliphatic carbocycles. The van der Waals surface area contributed by atoms with Crippen molar-refractivity contribution >= 4 is 17.5 Å². The highest BCUT2D eigenvalue weighted by molar-refractivity contribution is 5.94. The second kappa shape index (κ2) is 6.39. The highest BCUT2D eigenvalue weighted by Gasteiger charge is 2.15. The molecule has 0 spiro atoms. The molecule has 2 aromatic rings. The maximum atomic E-state index is 12.0. The molecule has 2 heterocycles. The third-order valence-electron chi connectivity index (χ3n) is 3.64. The predicted molar refractivity (Wildman–Crippen MR) is 83.2 cm³/mol. The number of carbonyl (C=O) groups excluding carboxylic acids is 2. The lowest BCUT2D eigenvalue weighted by molar-refractivity contribution is -0.120. The zero-order chi connectivity index (χ0) is 15.4. The Balaban J connectivity index is 1.59. The molecule has 3 rings (SSSR count). The number of amides is 2. The second-order valence-electron chi connectivity index (χ2n) is 5.35. The highest BCUT2D eigenvalue weighted by atomic mass is 16.2. The number of anilines is 1. The summed E-state index contributed by atoms with van der Waals surface area (Å²) in [6, 6.07) is 9.52.